The van der Waals surface area contributed by atoms with Gasteiger partial charge in [0.05, 0.1) is 5.41 Å². The molecule has 1 aliphatic rings. The standard InChI is InChI=1S/C13H18OS/c1-2-8-13(12-7-5-10-15-12)9-4-3-6-11(13)14/h5,7,10H,2-4,6,8-9H2,1H3. The summed E-state index contributed by atoms with van der Waals surface area (Å²) in [6.45, 7) is 2.18. The molecule has 0 radical (unpaired) electrons. The van der Waals surface area contributed by atoms with Crippen molar-refractivity contribution in [3.05, 3.63) is 22.4 Å². The largest absolute Gasteiger partial charge is 0.299 e. The number of ketones is 1. The third-order valence-corrected chi connectivity index (χ3v) is 4.53. The van der Waals surface area contributed by atoms with Crippen LogP contribution in [0.5, 0.6) is 0 Å². The Bertz CT molecular complexity index is 324. The molecule has 2 heteroatoms. The highest BCUT2D eigenvalue weighted by Gasteiger charge is 2.40. The minimum Gasteiger partial charge on any atom is -0.299 e. The predicted molar refractivity (Wildman–Crippen MR) is 64.4 cm³/mol. The van der Waals surface area contributed by atoms with E-state index in [2.05, 4.69) is 24.4 Å². The Morgan fingerprint density at radius 1 is 1.47 bits per heavy atom. The molecule has 1 aromatic heterocycles. The van der Waals surface area contributed by atoms with E-state index in [1.165, 1.54) is 11.3 Å². The number of thiophene rings is 1. The fourth-order valence-corrected chi connectivity index (χ4v) is 3.72. The molecular formula is C13H18OS. The summed E-state index contributed by atoms with van der Waals surface area (Å²) in [6.07, 6.45) is 6.30. The fraction of sp³-hybridized carbons (Fsp3) is 0.615. The maximum Gasteiger partial charge on any atom is 0.144 e. The predicted octanol–water partition coefficient (Wildman–Crippen LogP) is 3.93. The molecular weight excluding hydrogens is 204 g/mol. The SMILES string of the molecule is CCCC1(c2cccs2)CCCCC1=O. The van der Waals surface area contributed by atoms with Crippen LogP contribution in [0.4, 0.5) is 0 Å². The first kappa shape index (κ1) is 10.9. The molecule has 1 nitrogen and oxygen atoms in total. The number of Topliss-reactive ketones (excluding diaryl/α,β-unsaturated/α-hetero) is 1. The second-order valence-electron chi connectivity index (χ2n) is 4.44. The highest BCUT2D eigenvalue weighted by molar-refractivity contribution is 7.10. The lowest BCUT2D eigenvalue weighted by atomic mass is 9.69. The van der Waals surface area contributed by atoms with Gasteiger partial charge in [0.2, 0.25) is 0 Å². The maximum atomic E-state index is 12.2. The van der Waals surface area contributed by atoms with Gasteiger partial charge in [0.15, 0.2) is 0 Å². The van der Waals surface area contributed by atoms with E-state index in [1.807, 2.05) is 0 Å². The van der Waals surface area contributed by atoms with Crippen LogP contribution in [0.2, 0.25) is 0 Å². The van der Waals surface area contributed by atoms with Crippen molar-refractivity contribution in [3.8, 4) is 0 Å². The van der Waals surface area contributed by atoms with Gasteiger partial charge in [-0.25, -0.2) is 0 Å². The average molecular weight is 222 g/mol. The molecule has 82 valence electrons. The summed E-state index contributed by atoms with van der Waals surface area (Å²) in [6, 6.07) is 4.21. The van der Waals surface area contributed by atoms with E-state index < -0.39 is 0 Å². The van der Waals surface area contributed by atoms with Gasteiger partial charge in [-0.05, 0) is 30.7 Å². The smallest absolute Gasteiger partial charge is 0.144 e. The summed E-state index contributed by atoms with van der Waals surface area (Å²) < 4.78 is 0. The Kier molecular flexibility index (Phi) is 3.25. The molecule has 1 atom stereocenters. The van der Waals surface area contributed by atoms with Crippen LogP contribution in [-0.2, 0) is 10.2 Å². The van der Waals surface area contributed by atoms with Crippen molar-refractivity contribution >= 4 is 17.1 Å². The van der Waals surface area contributed by atoms with E-state index in [9.17, 15) is 4.79 Å². The fourth-order valence-electron chi connectivity index (χ4n) is 2.72. The first-order valence-electron chi connectivity index (χ1n) is 5.87. The van der Waals surface area contributed by atoms with Crippen LogP contribution in [-0.4, -0.2) is 5.78 Å². The Balaban J connectivity index is 2.34. The van der Waals surface area contributed by atoms with Crippen molar-refractivity contribution in [2.75, 3.05) is 0 Å². The summed E-state index contributed by atoms with van der Waals surface area (Å²) in [5.74, 6) is 0.484. The second-order valence-corrected chi connectivity index (χ2v) is 5.39. The third kappa shape index (κ3) is 1.87. The van der Waals surface area contributed by atoms with Crippen LogP contribution >= 0.6 is 11.3 Å². The van der Waals surface area contributed by atoms with Gasteiger partial charge in [0.25, 0.3) is 0 Å². The molecule has 0 N–H and O–H groups in total. The summed E-state index contributed by atoms with van der Waals surface area (Å²) in [7, 11) is 0. The van der Waals surface area contributed by atoms with Gasteiger partial charge in [-0.3, -0.25) is 4.79 Å². The Hall–Kier alpha value is -0.630. The van der Waals surface area contributed by atoms with E-state index in [0.717, 1.165) is 32.1 Å². The summed E-state index contributed by atoms with van der Waals surface area (Å²) in [5.41, 5.74) is -0.110. The Labute approximate surface area is 95.5 Å². The average Bonchev–Trinajstić information content (AvgIpc) is 2.75. The van der Waals surface area contributed by atoms with Crippen molar-refractivity contribution in [1.29, 1.82) is 0 Å². The molecule has 1 aliphatic carbocycles. The molecule has 1 heterocycles. The molecule has 1 aromatic rings. The first-order valence-corrected chi connectivity index (χ1v) is 6.75. The molecule has 15 heavy (non-hydrogen) atoms. The number of carbonyl (C=O) groups is 1. The van der Waals surface area contributed by atoms with Gasteiger partial charge in [0, 0.05) is 11.3 Å². The van der Waals surface area contributed by atoms with Gasteiger partial charge >= 0.3 is 0 Å². The zero-order valence-corrected chi connectivity index (χ0v) is 10.1. The quantitative estimate of drug-likeness (QED) is 0.757. The molecule has 0 aliphatic heterocycles. The van der Waals surface area contributed by atoms with E-state index in [-0.39, 0.29) is 5.41 Å². The van der Waals surface area contributed by atoms with Gasteiger partial charge in [-0.1, -0.05) is 25.8 Å². The molecule has 0 amide bonds. The molecule has 0 saturated heterocycles. The number of rotatable bonds is 3. The number of hydrogen-bond acceptors (Lipinski definition) is 2. The van der Waals surface area contributed by atoms with E-state index in [1.54, 1.807) is 11.3 Å². The van der Waals surface area contributed by atoms with E-state index >= 15 is 0 Å². The van der Waals surface area contributed by atoms with Crippen molar-refractivity contribution in [3.63, 3.8) is 0 Å². The van der Waals surface area contributed by atoms with Gasteiger partial charge in [-0.15, -0.1) is 11.3 Å². The van der Waals surface area contributed by atoms with Gasteiger partial charge < -0.3 is 0 Å². The van der Waals surface area contributed by atoms with Crippen molar-refractivity contribution in [1.82, 2.24) is 0 Å². The summed E-state index contributed by atoms with van der Waals surface area (Å²) in [4.78, 5) is 13.5. The minimum atomic E-state index is -0.110. The molecule has 0 bridgehead atoms. The highest BCUT2D eigenvalue weighted by Crippen LogP contribution is 2.42. The Morgan fingerprint density at radius 3 is 2.93 bits per heavy atom. The van der Waals surface area contributed by atoms with Crippen LogP contribution < -0.4 is 0 Å². The molecule has 2 rings (SSSR count). The van der Waals surface area contributed by atoms with Crippen molar-refractivity contribution in [2.45, 2.75) is 50.9 Å². The van der Waals surface area contributed by atoms with Crippen LogP contribution in [0, 0.1) is 0 Å². The number of hydrogen-bond donors (Lipinski definition) is 0. The van der Waals surface area contributed by atoms with Crippen LogP contribution in [0.15, 0.2) is 17.5 Å². The molecule has 0 spiro atoms. The minimum absolute atomic E-state index is 0.110. The highest BCUT2D eigenvalue weighted by atomic mass is 32.1. The number of carbonyl (C=O) groups excluding carboxylic acids is 1. The van der Waals surface area contributed by atoms with Gasteiger partial charge in [0.1, 0.15) is 5.78 Å². The molecule has 1 unspecified atom stereocenters. The second kappa shape index (κ2) is 4.48. The van der Waals surface area contributed by atoms with Crippen LogP contribution in [0.25, 0.3) is 0 Å². The molecule has 1 saturated carbocycles. The summed E-state index contributed by atoms with van der Waals surface area (Å²) in [5, 5.41) is 2.09. The maximum absolute atomic E-state index is 12.2. The lowest BCUT2D eigenvalue weighted by Gasteiger charge is -2.34. The van der Waals surface area contributed by atoms with Crippen molar-refractivity contribution < 1.29 is 4.79 Å². The lowest BCUT2D eigenvalue weighted by Crippen LogP contribution is -2.37. The van der Waals surface area contributed by atoms with E-state index in [0.29, 0.717) is 5.78 Å². The topological polar surface area (TPSA) is 17.1 Å². The first-order chi connectivity index (χ1) is 7.29. The lowest BCUT2D eigenvalue weighted by molar-refractivity contribution is -0.126. The van der Waals surface area contributed by atoms with Crippen LogP contribution in [0.3, 0.4) is 0 Å². The Morgan fingerprint density at radius 2 is 2.33 bits per heavy atom. The van der Waals surface area contributed by atoms with Crippen molar-refractivity contribution in [2.24, 2.45) is 0 Å². The monoisotopic (exact) mass is 222 g/mol. The van der Waals surface area contributed by atoms with Crippen LogP contribution in [0.1, 0.15) is 50.3 Å². The zero-order chi connectivity index (χ0) is 10.7. The third-order valence-electron chi connectivity index (χ3n) is 3.46. The molecule has 0 aromatic carbocycles. The molecule has 1 fully saturated rings. The zero-order valence-electron chi connectivity index (χ0n) is 9.29. The van der Waals surface area contributed by atoms with E-state index in [4.69, 9.17) is 0 Å². The summed E-state index contributed by atoms with van der Waals surface area (Å²) >= 11 is 1.75. The normalized spacial score (nSPS) is 26.9. The van der Waals surface area contributed by atoms with Gasteiger partial charge in [-0.2, -0.15) is 0 Å².